The topological polar surface area (TPSA) is 67.4 Å². The van der Waals surface area contributed by atoms with Crippen LogP contribution >= 0.6 is 22.6 Å². The lowest BCUT2D eigenvalue weighted by Crippen LogP contribution is -2.22. The number of halogens is 1. The third-order valence-corrected chi connectivity index (χ3v) is 4.31. The van der Waals surface area contributed by atoms with Gasteiger partial charge in [-0.15, -0.1) is 0 Å². The molecule has 0 unspecified atom stereocenters. The fraction of sp³-hybridized carbons (Fsp3) is 0.111. The molecule has 1 heterocycles. The summed E-state index contributed by atoms with van der Waals surface area (Å²) in [4.78, 5) is 22.7. The lowest BCUT2D eigenvalue weighted by atomic mass is 10.1. The molecule has 0 bridgehead atoms. The Labute approximate surface area is 153 Å². The highest BCUT2D eigenvalue weighted by molar-refractivity contribution is 14.1. The van der Waals surface area contributed by atoms with Gasteiger partial charge in [0.05, 0.1) is 3.57 Å². The number of aryl methyl sites for hydroxylation is 1. The van der Waals surface area contributed by atoms with E-state index in [0.717, 1.165) is 20.4 Å². The summed E-state index contributed by atoms with van der Waals surface area (Å²) in [5.41, 5.74) is 3.37. The zero-order valence-electron chi connectivity index (χ0n) is 12.9. The average Bonchev–Trinajstić information content (AvgIpc) is 2.84. The Morgan fingerprint density at radius 3 is 2.62 bits per heavy atom. The van der Waals surface area contributed by atoms with E-state index >= 15 is 0 Å². The van der Waals surface area contributed by atoms with E-state index in [-0.39, 0.29) is 5.70 Å². The average molecular weight is 434 g/mol. The molecule has 0 aliphatic carbocycles. The molecule has 0 saturated carbocycles. The van der Waals surface area contributed by atoms with Crippen LogP contribution in [-0.2, 0) is 11.4 Å². The molecule has 2 aromatic rings. The second kappa shape index (κ2) is 7.04. The highest BCUT2D eigenvalue weighted by atomic mass is 127. The van der Waals surface area contributed by atoms with Gasteiger partial charge in [-0.25, -0.2) is 4.79 Å². The second-order valence-electron chi connectivity index (χ2n) is 5.43. The molecule has 0 atom stereocenters. The van der Waals surface area contributed by atoms with Crippen LogP contribution in [0.3, 0.4) is 0 Å². The lowest BCUT2D eigenvalue weighted by molar-refractivity contribution is -0.115. The summed E-state index contributed by atoms with van der Waals surface area (Å²) in [7, 11) is 0. The lowest BCUT2D eigenvalue weighted by Gasteiger charge is -2.09. The van der Waals surface area contributed by atoms with Crippen LogP contribution in [-0.4, -0.2) is 11.9 Å². The van der Waals surface area contributed by atoms with Gasteiger partial charge in [-0.2, -0.15) is 0 Å². The highest BCUT2D eigenvalue weighted by Crippen LogP contribution is 2.24. The van der Waals surface area contributed by atoms with Crippen LogP contribution in [0.15, 0.2) is 48.2 Å². The van der Waals surface area contributed by atoms with Gasteiger partial charge < -0.3 is 10.1 Å². The number of carbonyl (C=O) groups is 2. The van der Waals surface area contributed by atoms with Crippen molar-refractivity contribution in [1.29, 1.82) is 0 Å². The Kier molecular flexibility index (Phi) is 4.84. The molecular weight excluding hydrogens is 419 g/mol. The first-order chi connectivity index (χ1) is 11.5. The van der Waals surface area contributed by atoms with Crippen LogP contribution in [0.5, 0.6) is 5.75 Å². The molecule has 3 amide bonds. The van der Waals surface area contributed by atoms with Gasteiger partial charge in [-0.05, 0) is 58.9 Å². The van der Waals surface area contributed by atoms with Crippen molar-refractivity contribution in [2.75, 3.05) is 0 Å². The maximum atomic E-state index is 11.5. The van der Waals surface area contributed by atoms with Crippen molar-refractivity contribution in [3.63, 3.8) is 0 Å². The van der Waals surface area contributed by atoms with Crippen molar-refractivity contribution in [3.05, 3.63) is 68.4 Å². The molecule has 2 N–H and O–H groups in total. The van der Waals surface area contributed by atoms with E-state index in [1.165, 1.54) is 5.56 Å². The number of carbonyl (C=O) groups excluding carboxylic acids is 2. The summed E-state index contributed by atoms with van der Waals surface area (Å²) >= 11 is 2.19. The summed E-state index contributed by atoms with van der Waals surface area (Å²) in [5, 5.41) is 4.64. The molecule has 0 spiro atoms. The van der Waals surface area contributed by atoms with Gasteiger partial charge in [0.2, 0.25) is 0 Å². The predicted octanol–water partition coefficient (Wildman–Crippen LogP) is 3.36. The van der Waals surface area contributed by atoms with E-state index < -0.39 is 11.9 Å². The molecular formula is C18H15IN2O3. The van der Waals surface area contributed by atoms with Crippen molar-refractivity contribution in [2.45, 2.75) is 13.5 Å². The van der Waals surface area contributed by atoms with E-state index in [1.54, 1.807) is 6.08 Å². The number of nitrogens with one attached hydrogen (secondary N) is 2. The smallest absolute Gasteiger partial charge is 0.326 e. The van der Waals surface area contributed by atoms with Crippen LogP contribution in [0.1, 0.15) is 16.7 Å². The summed E-state index contributed by atoms with van der Waals surface area (Å²) in [6, 6.07) is 13.3. The minimum atomic E-state index is -0.501. The first kappa shape index (κ1) is 16.5. The number of ether oxygens (including phenoxy) is 1. The van der Waals surface area contributed by atoms with Crippen molar-refractivity contribution in [2.24, 2.45) is 0 Å². The monoisotopic (exact) mass is 434 g/mol. The number of amides is 3. The molecule has 6 heteroatoms. The molecule has 1 aliphatic heterocycles. The third kappa shape index (κ3) is 3.94. The van der Waals surface area contributed by atoms with Crippen LogP contribution in [0, 0.1) is 10.5 Å². The fourth-order valence-electron chi connectivity index (χ4n) is 2.34. The molecule has 0 radical (unpaired) electrons. The van der Waals surface area contributed by atoms with Crippen LogP contribution in [0.4, 0.5) is 4.79 Å². The minimum Gasteiger partial charge on any atom is -0.488 e. The Bertz CT molecular complexity index is 846. The van der Waals surface area contributed by atoms with Crippen molar-refractivity contribution >= 4 is 40.6 Å². The third-order valence-electron chi connectivity index (χ3n) is 3.46. The Hall–Kier alpha value is -2.35. The molecule has 1 aliphatic rings. The van der Waals surface area contributed by atoms with E-state index in [4.69, 9.17) is 4.74 Å². The molecule has 0 aromatic heterocycles. The Balaban J connectivity index is 1.72. The van der Waals surface area contributed by atoms with Crippen LogP contribution in [0.25, 0.3) is 6.08 Å². The predicted molar refractivity (Wildman–Crippen MR) is 99.3 cm³/mol. The van der Waals surface area contributed by atoms with Gasteiger partial charge in [0.25, 0.3) is 5.91 Å². The van der Waals surface area contributed by atoms with Crippen molar-refractivity contribution < 1.29 is 14.3 Å². The number of benzene rings is 2. The van der Waals surface area contributed by atoms with Gasteiger partial charge >= 0.3 is 6.03 Å². The van der Waals surface area contributed by atoms with Crippen LogP contribution < -0.4 is 15.4 Å². The summed E-state index contributed by atoms with van der Waals surface area (Å²) in [6.45, 7) is 2.55. The first-order valence-corrected chi connectivity index (χ1v) is 8.41. The fourth-order valence-corrected chi connectivity index (χ4v) is 3.03. The minimum absolute atomic E-state index is 0.240. The van der Waals surface area contributed by atoms with E-state index in [1.807, 2.05) is 43.3 Å². The molecule has 5 nitrogen and oxygen atoms in total. The second-order valence-corrected chi connectivity index (χ2v) is 6.60. The van der Waals surface area contributed by atoms with Crippen LogP contribution in [0.2, 0.25) is 0 Å². The van der Waals surface area contributed by atoms with Gasteiger partial charge in [0.15, 0.2) is 0 Å². The van der Waals surface area contributed by atoms with Crippen molar-refractivity contribution in [3.8, 4) is 5.75 Å². The summed E-state index contributed by atoms with van der Waals surface area (Å²) < 4.78 is 6.79. The number of rotatable bonds is 4. The molecule has 122 valence electrons. The first-order valence-electron chi connectivity index (χ1n) is 7.33. The zero-order valence-corrected chi connectivity index (χ0v) is 15.1. The van der Waals surface area contributed by atoms with Gasteiger partial charge in [-0.3, -0.25) is 10.1 Å². The maximum absolute atomic E-state index is 11.5. The van der Waals surface area contributed by atoms with Crippen molar-refractivity contribution in [1.82, 2.24) is 10.6 Å². The normalized spacial score (nSPS) is 15.3. The number of urea groups is 1. The summed E-state index contributed by atoms with van der Waals surface area (Å²) in [5.74, 6) is 0.356. The largest absolute Gasteiger partial charge is 0.488 e. The summed E-state index contributed by atoms with van der Waals surface area (Å²) in [6.07, 6.45) is 1.63. The number of hydrogen-bond donors (Lipinski definition) is 2. The quantitative estimate of drug-likeness (QED) is 0.441. The van der Waals surface area contributed by atoms with E-state index in [9.17, 15) is 9.59 Å². The van der Waals surface area contributed by atoms with Gasteiger partial charge in [0.1, 0.15) is 18.1 Å². The highest BCUT2D eigenvalue weighted by Gasteiger charge is 2.22. The van der Waals surface area contributed by atoms with Gasteiger partial charge in [0, 0.05) is 0 Å². The molecule has 3 rings (SSSR count). The molecule has 2 aromatic carbocycles. The number of imide groups is 1. The standard InChI is InChI=1S/C18H15IN2O3/c1-11-3-2-4-13(7-11)10-24-16-6-5-12(8-14(16)19)9-15-17(22)21-18(23)20-15/h2-9H,10H2,1H3,(H2,20,21,22,23)/b15-9+. The maximum Gasteiger partial charge on any atom is 0.326 e. The Morgan fingerprint density at radius 2 is 1.96 bits per heavy atom. The molecule has 1 saturated heterocycles. The zero-order chi connectivity index (χ0) is 17.1. The van der Waals surface area contributed by atoms with Gasteiger partial charge in [-0.1, -0.05) is 35.9 Å². The Morgan fingerprint density at radius 1 is 1.12 bits per heavy atom. The molecule has 24 heavy (non-hydrogen) atoms. The van der Waals surface area contributed by atoms with E-state index in [2.05, 4.69) is 39.3 Å². The number of hydrogen-bond acceptors (Lipinski definition) is 3. The molecule has 1 fully saturated rings. The SMILES string of the molecule is Cc1cccc(COc2ccc(/C=C3/NC(=O)NC3=O)cc2I)c1. The van der Waals surface area contributed by atoms with E-state index in [0.29, 0.717) is 6.61 Å².